The molecule has 0 amide bonds. The van der Waals surface area contributed by atoms with E-state index in [0.717, 1.165) is 4.57 Å². The molecule has 8 heteroatoms. The predicted octanol–water partition coefficient (Wildman–Crippen LogP) is 1.53. The molecule has 0 bridgehead atoms. The van der Waals surface area contributed by atoms with Crippen LogP contribution in [0.25, 0.3) is 10.9 Å². The molecule has 0 aliphatic heterocycles. The highest BCUT2D eigenvalue weighted by Gasteiger charge is 2.27. The number of nitrogens with zero attached hydrogens (tertiary/aromatic N) is 1. The standard InChI is InChI=1S/C12H10F3NO4/c13-12(14,15)7-19-6-5-16-9-4-2-1-3-8(9)10(17)20-11(16)18/h1-4H,5-7H2. The van der Waals surface area contributed by atoms with Crippen molar-refractivity contribution in [3.63, 3.8) is 0 Å². The Morgan fingerprint density at radius 3 is 2.60 bits per heavy atom. The largest absolute Gasteiger partial charge is 0.422 e. The minimum atomic E-state index is -4.42. The monoisotopic (exact) mass is 289 g/mol. The van der Waals surface area contributed by atoms with E-state index in [4.69, 9.17) is 0 Å². The second-order valence-electron chi connectivity index (χ2n) is 3.99. The first-order chi connectivity index (χ1) is 9.38. The van der Waals surface area contributed by atoms with Gasteiger partial charge in [0.1, 0.15) is 6.61 Å². The normalized spacial score (nSPS) is 11.9. The zero-order valence-corrected chi connectivity index (χ0v) is 10.1. The molecular formula is C12H10F3NO4. The second-order valence-corrected chi connectivity index (χ2v) is 3.99. The molecule has 0 fully saturated rings. The van der Waals surface area contributed by atoms with Crippen LogP contribution in [-0.2, 0) is 11.3 Å². The molecule has 2 rings (SSSR count). The molecule has 0 saturated carbocycles. The summed E-state index contributed by atoms with van der Waals surface area (Å²) in [6, 6.07) is 6.17. The average Bonchev–Trinajstić information content (AvgIpc) is 2.36. The van der Waals surface area contributed by atoms with Crippen LogP contribution in [0.4, 0.5) is 13.2 Å². The van der Waals surface area contributed by atoms with Gasteiger partial charge in [-0.25, -0.2) is 9.59 Å². The van der Waals surface area contributed by atoms with Crippen molar-refractivity contribution >= 4 is 10.9 Å². The molecule has 5 nitrogen and oxygen atoms in total. The SMILES string of the molecule is O=c1oc(=O)n(CCOCC(F)(F)F)c2ccccc12. The van der Waals surface area contributed by atoms with E-state index < -0.39 is 24.2 Å². The van der Waals surface area contributed by atoms with Crippen molar-refractivity contribution in [2.24, 2.45) is 0 Å². The van der Waals surface area contributed by atoms with Crippen LogP contribution in [0.1, 0.15) is 0 Å². The van der Waals surface area contributed by atoms with Gasteiger partial charge in [-0.3, -0.25) is 4.57 Å². The Hall–Kier alpha value is -2.09. The predicted molar refractivity (Wildman–Crippen MR) is 63.6 cm³/mol. The highest BCUT2D eigenvalue weighted by atomic mass is 19.4. The van der Waals surface area contributed by atoms with Gasteiger partial charge in [0, 0.05) is 0 Å². The molecule has 2 aromatic rings. The van der Waals surface area contributed by atoms with Gasteiger partial charge in [0.15, 0.2) is 0 Å². The summed E-state index contributed by atoms with van der Waals surface area (Å²) >= 11 is 0. The van der Waals surface area contributed by atoms with Crippen LogP contribution < -0.4 is 11.4 Å². The van der Waals surface area contributed by atoms with Gasteiger partial charge in [-0.1, -0.05) is 12.1 Å². The number of benzene rings is 1. The Bertz CT molecular complexity index is 717. The maximum absolute atomic E-state index is 11.9. The van der Waals surface area contributed by atoms with E-state index in [-0.39, 0.29) is 18.5 Å². The van der Waals surface area contributed by atoms with Crippen molar-refractivity contribution in [3.05, 3.63) is 45.2 Å². The molecule has 0 radical (unpaired) electrons. The van der Waals surface area contributed by atoms with Crippen molar-refractivity contribution in [2.45, 2.75) is 12.7 Å². The lowest BCUT2D eigenvalue weighted by molar-refractivity contribution is -0.174. The van der Waals surface area contributed by atoms with Gasteiger partial charge in [0.25, 0.3) is 0 Å². The van der Waals surface area contributed by atoms with E-state index in [2.05, 4.69) is 9.15 Å². The van der Waals surface area contributed by atoms with Crippen LogP contribution >= 0.6 is 0 Å². The van der Waals surface area contributed by atoms with Crippen LogP contribution in [0.5, 0.6) is 0 Å². The summed E-state index contributed by atoms with van der Waals surface area (Å²) in [6.45, 7) is -1.85. The first-order valence-electron chi connectivity index (χ1n) is 5.66. The Kier molecular flexibility index (Phi) is 3.93. The third-order valence-electron chi connectivity index (χ3n) is 2.54. The van der Waals surface area contributed by atoms with Crippen LogP contribution in [0.15, 0.2) is 38.3 Å². The fourth-order valence-electron chi connectivity index (χ4n) is 1.72. The summed E-state index contributed by atoms with van der Waals surface area (Å²) in [4.78, 5) is 23.0. The van der Waals surface area contributed by atoms with E-state index in [1.165, 1.54) is 12.1 Å². The van der Waals surface area contributed by atoms with Gasteiger partial charge < -0.3 is 9.15 Å². The van der Waals surface area contributed by atoms with Crippen molar-refractivity contribution in [1.29, 1.82) is 0 Å². The minimum absolute atomic E-state index is 0.140. The van der Waals surface area contributed by atoms with E-state index in [1.807, 2.05) is 0 Å². The topological polar surface area (TPSA) is 61.4 Å². The molecule has 0 aliphatic rings. The molecule has 20 heavy (non-hydrogen) atoms. The summed E-state index contributed by atoms with van der Waals surface area (Å²) in [5, 5.41) is 0.183. The molecule has 1 heterocycles. The minimum Gasteiger partial charge on any atom is -0.372 e. The number of para-hydroxylation sites is 1. The molecule has 0 atom stereocenters. The Morgan fingerprint density at radius 2 is 1.90 bits per heavy atom. The van der Waals surface area contributed by atoms with Gasteiger partial charge in [0.05, 0.1) is 24.1 Å². The molecule has 108 valence electrons. The number of ether oxygens (including phenoxy) is 1. The highest BCUT2D eigenvalue weighted by molar-refractivity contribution is 5.77. The number of hydrogen-bond donors (Lipinski definition) is 0. The van der Waals surface area contributed by atoms with Crippen molar-refractivity contribution in [1.82, 2.24) is 4.57 Å². The Balaban J connectivity index is 2.22. The lowest BCUT2D eigenvalue weighted by Crippen LogP contribution is -2.27. The number of fused-ring (bicyclic) bond motifs is 1. The maximum atomic E-state index is 11.9. The van der Waals surface area contributed by atoms with E-state index in [1.54, 1.807) is 12.1 Å². The molecule has 0 spiro atoms. The molecule has 0 N–H and O–H groups in total. The Morgan fingerprint density at radius 1 is 1.20 bits per heavy atom. The zero-order chi connectivity index (χ0) is 14.8. The average molecular weight is 289 g/mol. The van der Waals surface area contributed by atoms with Crippen molar-refractivity contribution in [3.8, 4) is 0 Å². The highest BCUT2D eigenvalue weighted by Crippen LogP contribution is 2.14. The lowest BCUT2D eigenvalue weighted by Gasteiger charge is -2.10. The molecular weight excluding hydrogens is 279 g/mol. The van der Waals surface area contributed by atoms with Crippen LogP contribution in [0, 0.1) is 0 Å². The maximum Gasteiger partial charge on any atom is 0.422 e. The van der Waals surface area contributed by atoms with Crippen molar-refractivity contribution < 1.29 is 22.3 Å². The molecule has 1 aromatic heterocycles. The number of rotatable bonds is 4. The van der Waals surface area contributed by atoms with E-state index in [9.17, 15) is 22.8 Å². The van der Waals surface area contributed by atoms with Crippen molar-refractivity contribution in [2.75, 3.05) is 13.2 Å². The summed E-state index contributed by atoms with van der Waals surface area (Å²) in [6.07, 6.45) is -4.42. The second kappa shape index (κ2) is 5.49. The van der Waals surface area contributed by atoms with Gasteiger partial charge in [-0.2, -0.15) is 13.2 Å². The molecule has 0 unspecified atom stereocenters. The molecule has 1 aromatic carbocycles. The summed E-state index contributed by atoms with van der Waals surface area (Å²) in [5.41, 5.74) is -0.484. The molecule has 0 aliphatic carbocycles. The number of aromatic nitrogens is 1. The first kappa shape index (κ1) is 14.3. The fourth-order valence-corrected chi connectivity index (χ4v) is 1.72. The summed E-state index contributed by atoms with van der Waals surface area (Å²) in [7, 11) is 0. The summed E-state index contributed by atoms with van der Waals surface area (Å²) < 4.78 is 45.7. The van der Waals surface area contributed by atoms with Gasteiger partial charge >= 0.3 is 17.6 Å². The third-order valence-corrected chi connectivity index (χ3v) is 2.54. The smallest absolute Gasteiger partial charge is 0.372 e. The number of hydrogen-bond acceptors (Lipinski definition) is 4. The van der Waals surface area contributed by atoms with Crippen LogP contribution in [0.2, 0.25) is 0 Å². The molecule has 0 saturated heterocycles. The van der Waals surface area contributed by atoms with Crippen LogP contribution in [-0.4, -0.2) is 24.0 Å². The Labute approximate surface area is 110 Å². The summed E-state index contributed by atoms with van der Waals surface area (Å²) in [5.74, 6) is -0.927. The zero-order valence-electron chi connectivity index (χ0n) is 10.1. The van der Waals surface area contributed by atoms with E-state index >= 15 is 0 Å². The van der Waals surface area contributed by atoms with Crippen LogP contribution in [0.3, 0.4) is 0 Å². The lowest BCUT2D eigenvalue weighted by atomic mass is 10.2. The third kappa shape index (κ3) is 3.27. The fraction of sp³-hybridized carbons (Fsp3) is 0.333. The van der Waals surface area contributed by atoms with E-state index in [0.29, 0.717) is 5.52 Å². The quantitative estimate of drug-likeness (QED) is 0.801. The number of alkyl halides is 3. The van der Waals surface area contributed by atoms with Gasteiger partial charge in [-0.15, -0.1) is 0 Å². The number of halogens is 3. The first-order valence-corrected chi connectivity index (χ1v) is 5.66. The van der Waals surface area contributed by atoms with Gasteiger partial charge in [-0.05, 0) is 12.1 Å². The van der Waals surface area contributed by atoms with Gasteiger partial charge in [0.2, 0.25) is 0 Å².